The van der Waals surface area contributed by atoms with Crippen molar-refractivity contribution in [2.75, 3.05) is 55.3 Å². The Morgan fingerprint density at radius 1 is 0.645 bits per heavy atom. The molecular formula is C49H65N7O6. The average Bonchev–Trinajstić information content (AvgIpc) is 3.27. The minimum atomic E-state index is -0.546. The Morgan fingerprint density at radius 2 is 1.19 bits per heavy atom. The van der Waals surface area contributed by atoms with Gasteiger partial charge in [-0.25, -0.2) is 9.59 Å². The second kappa shape index (κ2) is 28.2. The number of unbranched alkanes of at least 4 members (excludes halogenated alkanes) is 10. The SMILES string of the molecule is C=C(C)C(=O)OCCOc1cc(NNc2ccc(N(CCCCCCCC)CCCCCCCC)cc2C)c(OCCOC(=O)C(=C)C)cc1N=Nc1ccc(C#N)cc1C#N. The van der Waals surface area contributed by atoms with Crippen molar-refractivity contribution in [3.8, 4) is 23.6 Å². The van der Waals surface area contributed by atoms with Gasteiger partial charge in [0, 0.05) is 42.1 Å². The number of ether oxygens (including phenoxy) is 4. The molecule has 0 radical (unpaired) electrons. The fourth-order valence-corrected chi connectivity index (χ4v) is 6.32. The van der Waals surface area contributed by atoms with E-state index in [1.165, 1.54) is 94.9 Å². The highest BCUT2D eigenvalue weighted by atomic mass is 16.6. The molecule has 0 aliphatic carbocycles. The predicted molar refractivity (Wildman–Crippen MR) is 246 cm³/mol. The van der Waals surface area contributed by atoms with Gasteiger partial charge in [0.1, 0.15) is 55.4 Å². The number of hydrogen-bond donors (Lipinski definition) is 2. The van der Waals surface area contributed by atoms with Crippen LogP contribution in [0.25, 0.3) is 0 Å². The van der Waals surface area contributed by atoms with E-state index in [9.17, 15) is 20.1 Å². The Balaban J connectivity index is 1.94. The highest BCUT2D eigenvalue weighted by molar-refractivity contribution is 5.87. The summed E-state index contributed by atoms with van der Waals surface area (Å²) in [5, 5.41) is 27.8. The van der Waals surface area contributed by atoms with Crippen molar-refractivity contribution in [3.63, 3.8) is 0 Å². The number of hydrazine groups is 1. The van der Waals surface area contributed by atoms with Gasteiger partial charge in [-0.3, -0.25) is 5.43 Å². The first-order valence-electron chi connectivity index (χ1n) is 21.8. The van der Waals surface area contributed by atoms with Crippen molar-refractivity contribution < 1.29 is 28.5 Å². The molecule has 0 saturated heterocycles. The van der Waals surface area contributed by atoms with E-state index in [2.05, 4.69) is 84.2 Å². The van der Waals surface area contributed by atoms with E-state index in [1.54, 1.807) is 32.0 Å². The van der Waals surface area contributed by atoms with Crippen molar-refractivity contribution in [1.29, 1.82) is 10.5 Å². The molecule has 0 aliphatic rings. The minimum Gasteiger partial charge on any atom is -0.488 e. The summed E-state index contributed by atoms with van der Waals surface area (Å²) >= 11 is 0. The van der Waals surface area contributed by atoms with Crippen molar-refractivity contribution in [3.05, 3.63) is 89.5 Å². The summed E-state index contributed by atoms with van der Waals surface area (Å²) in [5.41, 5.74) is 11.6. The molecule has 0 amide bonds. The molecule has 0 bridgehead atoms. The maximum atomic E-state index is 12.1. The first-order valence-corrected chi connectivity index (χ1v) is 21.8. The van der Waals surface area contributed by atoms with Crippen LogP contribution in [-0.4, -0.2) is 51.5 Å². The summed E-state index contributed by atoms with van der Waals surface area (Å²) in [7, 11) is 0. The van der Waals surface area contributed by atoms with Crippen LogP contribution in [0.4, 0.5) is 28.4 Å². The van der Waals surface area contributed by atoms with Crippen molar-refractivity contribution >= 4 is 40.4 Å². The van der Waals surface area contributed by atoms with E-state index < -0.39 is 11.9 Å². The van der Waals surface area contributed by atoms with Gasteiger partial charge < -0.3 is 29.3 Å². The Morgan fingerprint density at radius 3 is 1.74 bits per heavy atom. The molecule has 13 nitrogen and oxygen atoms in total. The maximum absolute atomic E-state index is 12.1. The quantitative estimate of drug-likeness (QED) is 0.0215. The van der Waals surface area contributed by atoms with E-state index in [1.807, 2.05) is 6.07 Å². The zero-order chi connectivity index (χ0) is 45.1. The third-order valence-corrected chi connectivity index (χ3v) is 9.89. The highest BCUT2D eigenvalue weighted by Gasteiger charge is 2.16. The maximum Gasteiger partial charge on any atom is 0.333 e. The molecule has 0 spiro atoms. The van der Waals surface area contributed by atoms with Gasteiger partial charge in [-0.05, 0) is 75.6 Å². The second-order valence-electron chi connectivity index (χ2n) is 15.3. The molecule has 3 aromatic rings. The molecule has 62 heavy (non-hydrogen) atoms. The van der Waals surface area contributed by atoms with Gasteiger partial charge in [0.2, 0.25) is 0 Å². The molecule has 3 rings (SSSR count). The third kappa shape index (κ3) is 17.7. The number of carbonyl (C=O) groups is 2. The first-order chi connectivity index (χ1) is 30.0. The van der Waals surface area contributed by atoms with E-state index >= 15 is 0 Å². The number of hydrogen-bond acceptors (Lipinski definition) is 13. The first kappa shape index (κ1) is 50.0. The van der Waals surface area contributed by atoms with Crippen LogP contribution >= 0.6 is 0 Å². The van der Waals surface area contributed by atoms with Crippen LogP contribution in [0.5, 0.6) is 11.5 Å². The van der Waals surface area contributed by atoms with Crippen LogP contribution in [-0.2, 0) is 19.1 Å². The number of nitriles is 2. The van der Waals surface area contributed by atoms with Gasteiger partial charge >= 0.3 is 11.9 Å². The molecule has 0 aliphatic heterocycles. The molecule has 0 heterocycles. The summed E-state index contributed by atoms with van der Waals surface area (Å²) in [5.74, 6) is -0.510. The summed E-state index contributed by atoms with van der Waals surface area (Å²) in [6.07, 6.45) is 15.0. The number of nitrogens with zero attached hydrogens (tertiary/aromatic N) is 5. The molecule has 0 saturated carbocycles. The van der Waals surface area contributed by atoms with Crippen LogP contribution in [0, 0.1) is 29.6 Å². The largest absolute Gasteiger partial charge is 0.488 e. The van der Waals surface area contributed by atoms with Gasteiger partial charge in [0.15, 0.2) is 0 Å². The van der Waals surface area contributed by atoms with Crippen LogP contribution < -0.4 is 25.2 Å². The number of benzene rings is 3. The lowest BCUT2D eigenvalue weighted by Gasteiger charge is -2.26. The third-order valence-electron chi connectivity index (χ3n) is 9.89. The summed E-state index contributed by atoms with van der Waals surface area (Å²) < 4.78 is 22.7. The van der Waals surface area contributed by atoms with Gasteiger partial charge in [0.25, 0.3) is 0 Å². The monoisotopic (exact) mass is 847 g/mol. The number of rotatable bonds is 30. The summed E-state index contributed by atoms with van der Waals surface area (Å²) in [6.45, 7) is 18.8. The normalized spacial score (nSPS) is 10.7. The number of nitrogens with one attached hydrogen (secondary N) is 2. The number of aryl methyl sites for hydroxylation is 1. The molecule has 13 heteroatoms. The zero-order valence-electron chi connectivity index (χ0n) is 37.4. The number of carbonyl (C=O) groups excluding carboxylic acids is 2. The lowest BCUT2D eigenvalue weighted by atomic mass is 10.1. The predicted octanol–water partition coefficient (Wildman–Crippen LogP) is 12.1. The van der Waals surface area contributed by atoms with E-state index in [0.717, 1.165) is 24.3 Å². The fraction of sp³-hybridized carbons (Fsp3) is 0.469. The van der Waals surface area contributed by atoms with Crippen LogP contribution in [0.3, 0.4) is 0 Å². The molecule has 0 unspecified atom stereocenters. The summed E-state index contributed by atoms with van der Waals surface area (Å²) in [6, 6.07) is 18.3. The minimum absolute atomic E-state index is 0.00366. The standard InChI is InChI=1S/C49H65N7O6/c1-8-10-12-14-16-18-24-56(25-19-17-15-13-11-9-2)41-21-23-42(38(7)30-41)52-54-44-32-47(60-27-29-62-49(58)37(5)6)45(33-46(44)59-26-28-61-48(57)36(3)4)55-53-43-22-20-39(34-50)31-40(43)35-51/h20-23,30-33,52,54H,3,5,8-19,24-29H2,1-2,4,6-7H3. The van der Waals surface area contributed by atoms with Crippen molar-refractivity contribution in [1.82, 2.24) is 0 Å². The van der Waals surface area contributed by atoms with E-state index in [-0.39, 0.29) is 60.3 Å². The molecular weight excluding hydrogens is 783 g/mol. The lowest BCUT2D eigenvalue weighted by molar-refractivity contribution is -0.140. The number of azo groups is 1. The van der Waals surface area contributed by atoms with Crippen LogP contribution in [0.1, 0.15) is 121 Å². The number of esters is 2. The smallest absolute Gasteiger partial charge is 0.333 e. The number of anilines is 3. The van der Waals surface area contributed by atoms with Gasteiger partial charge in [-0.15, -0.1) is 10.2 Å². The molecule has 332 valence electrons. The van der Waals surface area contributed by atoms with Crippen LogP contribution in [0.15, 0.2) is 83.1 Å². The van der Waals surface area contributed by atoms with Crippen molar-refractivity contribution in [2.24, 2.45) is 10.2 Å². The Hall–Kier alpha value is -6.34. The molecule has 3 aromatic carbocycles. The van der Waals surface area contributed by atoms with Gasteiger partial charge in [-0.2, -0.15) is 10.5 Å². The van der Waals surface area contributed by atoms with Gasteiger partial charge in [-0.1, -0.05) is 91.2 Å². The lowest BCUT2D eigenvalue weighted by Crippen LogP contribution is -2.26. The Bertz CT molecular complexity index is 2030. The fourth-order valence-electron chi connectivity index (χ4n) is 6.32. The molecule has 0 atom stereocenters. The topological polar surface area (TPSA) is 171 Å². The van der Waals surface area contributed by atoms with Gasteiger partial charge in [0.05, 0.1) is 28.6 Å². The molecule has 0 aromatic heterocycles. The zero-order valence-corrected chi connectivity index (χ0v) is 37.4. The van der Waals surface area contributed by atoms with Crippen LogP contribution in [0.2, 0.25) is 0 Å². The molecule has 2 N–H and O–H groups in total. The van der Waals surface area contributed by atoms with E-state index in [4.69, 9.17) is 18.9 Å². The summed E-state index contributed by atoms with van der Waals surface area (Å²) in [4.78, 5) is 26.6. The highest BCUT2D eigenvalue weighted by Crippen LogP contribution is 2.40. The van der Waals surface area contributed by atoms with E-state index in [0.29, 0.717) is 17.0 Å². The second-order valence-corrected chi connectivity index (χ2v) is 15.3. The average molecular weight is 848 g/mol. The molecule has 0 fully saturated rings. The van der Waals surface area contributed by atoms with Crippen molar-refractivity contribution in [2.45, 2.75) is 112 Å². The Kier molecular flexibility index (Phi) is 22.8. The Labute approximate surface area is 368 Å².